The summed E-state index contributed by atoms with van der Waals surface area (Å²) >= 11 is 0. The highest BCUT2D eigenvalue weighted by molar-refractivity contribution is 5.70. The summed E-state index contributed by atoms with van der Waals surface area (Å²) in [5.41, 5.74) is 7.55. The van der Waals surface area contributed by atoms with Crippen LogP contribution in [0.1, 0.15) is 18.0 Å². The third-order valence-electron chi connectivity index (χ3n) is 2.64. The number of nitrogens with two attached hydrogens (primary N) is 1. The van der Waals surface area contributed by atoms with Gasteiger partial charge in [0.15, 0.2) is 0 Å². The van der Waals surface area contributed by atoms with Gasteiger partial charge in [-0.15, -0.1) is 0 Å². The fourth-order valence-corrected chi connectivity index (χ4v) is 1.84. The molecule has 0 spiro atoms. The number of benzene rings is 1. The van der Waals surface area contributed by atoms with Gasteiger partial charge in [0.25, 0.3) is 0 Å². The molecule has 94 valence electrons. The van der Waals surface area contributed by atoms with Crippen LogP contribution in [0.2, 0.25) is 0 Å². The normalized spacial score (nSPS) is 12.3. The summed E-state index contributed by atoms with van der Waals surface area (Å²) in [7, 11) is 0. The van der Waals surface area contributed by atoms with Gasteiger partial charge in [-0.25, -0.2) is 4.79 Å². The molecule has 6 heteroatoms. The summed E-state index contributed by atoms with van der Waals surface area (Å²) in [6.07, 6.45) is 1.38. The number of aromatic nitrogens is 2. The topological polar surface area (TPSA) is 112 Å². The Morgan fingerprint density at radius 3 is 2.72 bits per heavy atom. The van der Waals surface area contributed by atoms with Crippen molar-refractivity contribution in [2.45, 2.75) is 12.5 Å². The molecule has 0 saturated carbocycles. The van der Waals surface area contributed by atoms with Gasteiger partial charge in [-0.1, -0.05) is 24.3 Å². The van der Waals surface area contributed by atoms with Crippen molar-refractivity contribution < 1.29 is 9.90 Å². The number of rotatable bonds is 4. The minimum atomic E-state index is -0.958. The maximum Gasteiger partial charge on any atom is 0.323 e. The van der Waals surface area contributed by atoms with Crippen LogP contribution in [-0.2, 0) is 4.79 Å². The second kappa shape index (κ2) is 4.89. The summed E-state index contributed by atoms with van der Waals surface area (Å²) in [5.74, 6) is -0.958. The molecule has 1 aromatic carbocycles. The average Bonchev–Trinajstić information content (AvgIpc) is 2.75. The highest BCUT2D eigenvalue weighted by Crippen LogP contribution is 2.26. The van der Waals surface area contributed by atoms with Gasteiger partial charge in [0.2, 0.25) is 0 Å². The molecule has 0 saturated heterocycles. The number of carboxylic acid groups (broad SMARTS) is 1. The van der Waals surface area contributed by atoms with Gasteiger partial charge in [-0.3, -0.25) is 4.79 Å². The molecule has 1 unspecified atom stereocenters. The molecule has 1 aromatic heterocycles. The van der Waals surface area contributed by atoms with Gasteiger partial charge in [-0.05, 0) is 5.56 Å². The molecule has 0 aliphatic carbocycles. The summed E-state index contributed by atoms with van der Waals surface area (Å²) < 4.78 is 0. The molecule has 0 amide bonds. The zero-order valence-electron chi connectivity index (χ0n) is 9.51. The first-order chi connectivity index (χ1) is 8.58. The van der Waals surface area contributed by atoms with E-state index in [1.54, 1.807) is 24.3 Å². The van der Waals surface area contributed by atoms with E-state index in [-0.39, 0.29) is 12.1 Å². The molecule has 5 N–H and O–H groups in total. The van der Waals surface area contributed by atoms with E-state index in [1.807, 2.05) is 0 Å². The number of carbonyl (C=O) groups is 1. The number of carboxylic acids is 1. The number of nitrogens with one attached hydrogen (secondary N) is 2. The zero-order chi connectivity index (χ0) is 13.1. The Bertz CT molecular complexity index is 615. The van der Waals surface area contributed by atoms with Crippen LogP contribution in [-0.4, -0.2) is 21.0 Å². The first kappa shape index (κ1) is 12.1. The van der Waals surface area contributed by atoms with Crippen molar-refractivity contribution in [2.24, 2.45) is 5.73 Å². The molecule has 0 aliphatic heterocycles. The summed E-state index contributed by atoms with van der Waals surface area (Å²) in [5, 5.41) is 8.77. The van der Waals surface area contributed by atoms with Gasteiger partial charge >= 0.3 is 11.7 Å². The van der Waals surface area contributed by atoms with Gasteiger partial charge in [0.1, 0.15) is 0 Å². The van der Waals surface area contributed by atoms with Crippen LogP contribution in [0.5, 0.6) is 0 Å². The standard InChI is InChI=1S/C12H13N3O3/c13-9(5-11(16)17)7-3-1-2-4-8(7)10-6-14-12(18)15-10/h1-4,6,9H,5,13H2,(H,16,17)(H2,14,15,18). The molecule has 18 heavy (non-hydrogen) atoms. The fraction of sp³-hybridized carbons (Fsp3) is 0.167. The van der Waals surface area contributed by atoms with Crippen molar-refractivity contribution in [3.05, 3.63) is 46.5 Å². The van der Waals surface area contributed by atoms with E-state index >= 15 is 0 Å². The second-order valence-corrected chi connectivity index (χ2v) is 3.95. The quantitative estimate of drug-likeness (QED) is 0.641. The van der Waals surface area contributed by atoms with Crippen molar-refractivity contribution in [3.8, 4) is 11.3 Å². The van der Waals surface area contributed by atoms with E-state index in [1.165, 1.54) is 6.20 Å². The van der Waals surface area contributed by atoms with Crippen molar-refractivity contribution in [3.63, 3.8) is 0 Å². The minimum Gasteiger partial charge on any atom is -0.481 e. The maximum absolute atomic E-state index is 11.1. The van der Waals surface area contributed by atoms with Gasteiger partial charge in [0, 0.05) is 17.8 Å². The number of hydrogen-bond donors (Lipinski definition) is 4. The maximum atomic E-state index is 11.1. The van der Waals surface area contributed by atoms with E-state index in [9.17, 15) is 9.59 Å². The largest absolute Gasteiger partial charge is 0.481 e. The summed E-state index contributed by atoms with van der Waals surface area (Å²) in [6.45, 7) is 0. The third-order valence-corrected chi connectivity index (χ3v) is 2.64. The number of hydrogen-bond acceptors (Lipinski definition) is 3. The van der Waals surface area contributed by atoms with Crippen molar-refractivity contribution >= 4 is 5.97 Å². The monoisotopic (exact) mass is 247 g/mol. The molecule has 1 heterocycles. The number of aromatic amines is 2. The molecule has 2 rings (SSSR count). The predicted molar refractivity (Wildman–Crippen MR) is 66.0 cm³/mol. The second-order valence-electron chi connectivity index (χ2n) is 3.95. The third kappa shape index (κ3) is 2.49. The van der Waals surface area contributed by atoms with Crippen LogP contribution < -0.4 is 11.4 Å². The lowest BCUT2D eigenvalue weighted by atomic mass is 9.97. The van der Waals surface area contributed by atoms with E-state index < -0.39 is 12.0 Å². The molecule has 2 aromatic rings. The molecular weight excluding hydrogens is 234 g/mol. The first-order valence-electron chi connectivity index (χ1n) is 5.42. The Kier molecular flexibility index (Phi) is 3.29. The lowest BCUT2D eigenvalue weighted by Gasteiger charge is -2.13. The van der Waals surface area contributed by atoms with Crippen LogP contribution in [0.25, 0.3) is 11.3 Å². The molecule has 6 nitrogen and oxygen atoms in total. The number of H-pyrrole nitrogens is 2. The summed E-state index contributed by atoms with van der Waals surface area (Å²) in [4.78, 5) is 26.9. The lowest BCUT2D eigenvalue weighted by Crippen LogP contribution is -2.16. The van der Waals surface area contributed by atoms with Gasteiger partial charge in [0.05, 0.1) is 12.1 Å². The molecule has 0 radical (unpaired) electrons. The van der Waals surface area contributed by atoms with Crippen LogP contribution in [0, 0.1) is 0 Å². The Morgan fingerprint density at radius 1 is 1.39 bits per heavy atom. The fourth-order valence-electron chi connectivity index (χ4n) is 1.84. The van der Waals surface area contributed by atoms with Gasteiger partial charge < -0.3 is 20.8 Å². The molecule has 0 fully saturated rings. The number of imidazole rings is 1. The van der Waals surface area contributed by atoms with Gasteiger partial charge in [-0.2, -0.15) is 0 Å². The van der Waals surface area contributed by atoms with Crippen LogP contribution in [0.3, 0.4) is 0 Å². The van der Waals surface area contributed by atoms with E-state index in [4.69, 9.17) is 10.8 Å². The highest BCUT2D eigenvalue weighted by atomic mass is 16.4. The Hall–Kier alpha value is -2.34. The molecular formula is C12H13N3O3. The first-order valence-corrected chi connectivity index (χ1v) is 5.42. The minimum absolute atomic E-state index is 0.161. The van der Waals surface area contributed by atoms with Crippen molar-refractivity contribution in [1.29, 1.82) is 0 Å². The Balaban J connectivity index is 2.42. The van der Waals surface area contributed by atoms with Crippen LogP contribution >= 0.6 is 0 Å². The predicted octanol–water partition coefficient (Wildman–Crippen LogP) is 0.844. The highest BCUT2D eigenvalue weighted by Gasteiger charge is 2.15. The van der Waals surface area contributed by atoms with Crippen molar-refractivity contribution in [1.82, 2.24) is 9.97 Å². The van der Waals surface area contributed by atoms with Crippen LogP contribution in [0.15, 0.2) is 35.3 Å². The van der Waals surface area contributed by atoms with Crippen molar-refractivity contribution in [2.75, 3.05) is 0 Å². The molecule has 1 atom stereocenters. The van der Waals surface area contributed by atoms with E-state index in [0.29, 0.717) is 11.3 Å². The zero-order valence-corrected chi connectivity index (χ0v) is 9.51. The number of aliphatic carboxylic acids is 1. The van der Waals surface area contributed by atoms with Crippen LogP contribution in [0.4, 0.5) is 0 Å². The molecule has 0 bridgehead atoms. The Labute approximate surface area is 102 Å². The molecule has 0 aliphatic rings. The Morgan fingerprint density at radius 2 is 2.11 bits per heavy atom. The van der Waals surface area contributed by atoms with E-state index in [2.05, 4.69) is 9.97 Å². The average molecular weight is 247 g/mol. The lowest BCUT2D eigenvalue weighted by molar-refractivity contribution is -0.137. The smallest absolute Gasteiger partial charge is 0.323 e. The summed E-state index contributed by atoms with van der Waals surface area (Å²) in [6, 6.07) is 6.52. The van der Waals surface area contributed by atoms with E-state index in [0.717, 1.165) is 5.56 Å². The SMILES string of the molecule is NC(CC(=O)O)c1ccccc1-c1c[nH]c(=O)[nH]1.